The Labute approximate surface area is 180 Å². The topological polar surface area (TPSA) is 79.8 Å². The first-order valence-electron chi connectivity index (χ1n) is 8.41. The summed E-state index contributed by atoms with van der Waals surface area (Å²) in [6, 6.07) is 8.76. The summed E-state index contributed by atoms with van der Waals surface area (Å²) in [6.07, 6.45) is -4.75. The quantitative estimate of drug-likeness (QED) is 0.453. The number of hydrazone groups is 1. The molecule has 0 saturated carbocycles. The minimum absolute atomic E-state index is 0.0000891. The molecule has 0 fully saturated rings. The van der Waals surface area contributed by atoms with E-state index in [0.717, 1.165) is 12.1 Å². The molecule has 160 valence electrons. The number of benzene rings is 2. The number of ether oxygens (including phenoxy) is 1. The van der Waals surface area contributed by atoms with Crippen LogP contribution in [0.25, 0.3) is 0 Å². The van der Waals surface area contributed by atoms with Crippen molar-refractivity contribution in [2.75, 3.05) is 11.9 Å². The summed E-state index contributed by atoms with van der Waals surface area (Å²) in [6.45, 7) is 1.09. The van der Waals surface area contributed by atoms with Crippen molar-refractivity contribution in [2.45, 2.75) is 19.5 Å². The smallest absolute Gasteiger partial charge is 0.416 e. The van der Waals surface area contributed by atoms with Gasteiger partial charge in [0.25, 0.3) is 5.91 Å². The van der Waals surface area contributed by atoms with Crippen LogP contribution in [-0.4, -0.2) is 24.1 Å². The number of hydrogen-bond donors (Lipinski definition) is 2. The molecule has 0 heterocycles. The third-order valence-electron chi connectivity index (χ3n) is 3.51. The average Bonchev–Trinajstić information content (AvgIpc) is 2.65. The number of hydrogen-bond acceptors (Lipinski definition) is 4. The molecule has 2 N–H and O–H groups in total. The van der Waals surface area contributed by atoms with Crippen LogP contribution in [0.5, 0.6) is 5.75 Å². The molecule has 2 amide bonds. The molecule has 11 heteroatoms. The van der Waals surface area contributed by atoms with Crippen LogP contribution in [0.1, 0.15) is 18.9 Å². The van der Waals surface area contributed by atoms with Crippen molar-refractivity contribution in [1.29, 1.82) is 0 Å². The van der Waals surface area contributed by atoms with E-state index in [1.54, 1.807) is 6.07 Å². The van der Waals surface area contributed by atoms with Gasteiger partial charge in [-0.05, 0) is 43.3 Å². The van der Waals surface area contributed by atoms with Crippen molar-refractivity contribution in [1.82, 2.24) is 5.43 Å². The molecule has 0 aliphatic carbocycles. The lowest BCUT2D eigenvalue weighted by Gasteiger charge is -2.10. The van der Waals surface area contributed by atoms with E-state index in [0.29, 0.717) is 5.02 Å². The maximum Gasteiger partial charge on any atom is 0.416 e. The molecule has 0 aromatic heterocycles. The molecular formula is C19H16Cl2F3N3O3. The molecule has 30 heavy (non-hydrogen) atoms. The van der Waals surface area contributed by atoms with Crippen LogP contribution >= 0.6 is 23.2 Å². The van der Waals surface area contributed by atoms with Crippen molar-refractivity contribution < 1.29 is 27.5 Å². The van der Waals surface area contributed by atoms with Gasteiger partial charge in [0.2, 0.25) is 5.91 Å². The molecule has 0 aliphatic heterocycles. The molecule has 0 bridgehead atoms. The highest BCUT2D eigenvalue weighted by Gasteiger charge is 2.30. The maximum absolute atomic E-state index is 12.7. The molecule has 2 aromatic carbocycles. The van der Waals surface area contributed by atoms with Crippen LogP contribution in [-0.2, 0) is 15.8 Å². The Balaban J connectivity index is 1.83. The van der Waals surface area contributed by atoms with Crippen molar-refractivity contribution in [3.63, 3.8) is 0 Å². The van der Waals surface area contributed by atoms with Crippen molar-refractivity contribution >= 4 is 46.4 Å². The fraction of sp³-hybridized carbons (Fsp3) is 0.211. The van der Waals surface area contributed by atoms with E-state index < -0.39 is 23.6 Å². The molecule has 0 aliphatic rings. The first kappa shape index (κ1) is 23.5. The molecule has 2 aromatic rings. The van der Waals surface area contributed by atoms with Crippen LogP contribution in [0, 0.1) is 0 Å². The molecule has 0 unspecified atom stereocenters. The summed E-state index contributed by atoms with van der Waals surface area (Å²) < 4.78 is 43.4. The number of carbonyl (C=O) groups is 2. The third-order valence-corrected chi connectivity index (χ3v) is 4.04. The van der Waals surface area contributed by atoms with E-state index in [1.165, 1.54) is 31.2 Å². The number of amides is 2. The second kappa shape index (κ2) is 10.3. The third kappa shape index (κ3) is 7.57. The second-order valence-corrected chi connectivity index (χ2v) is 6.89. The number of halogens is 5. The number of carbonyl (C=O) groups excluding carboxylic acids is 2. The van der Waals surface area contributed by atoms with Crippen LogP contribution in [0.2, 0.25) is 10.0 Å². The Hall–Kier alpha value is -2.78. The van der Waals surface area contributed by atoms with Crippen LogP contribution in [0.3, 0.4) is 0 Å². The van der Waals surface area contributed by atoms with E-state index in [-0.39, 0.29) is 35.2 Å². The van der Waals surface area contributed by atoms with E-state index in [9.17, 15) is 22.8 Å². The first-order valence-corrected chi connectivity index (χ1v) is 9.17. The molecule has 6 nitrogen and oxygen atoms in total. The zero-order valence-corrected chi connectivity index (χ0v) is 17.0. The van der Waals surface area contributed by atoms with E-state index >= 15 is 0 Å². The van der Waals surface area contributed by atoms with Gasteiger partial charge >= 0.3 is 6.18 Å². The lowest BCUT2D eigenvalue weighted by atomic mass is 10.2. The maximum atomic E-state index is 12.7. The molecular weight excluding hydrogens is 446 g/mol. The predicted octanol–water partition coefficient (Wildman–Crippen LogP) is 4.91. The zero-order valence-electron chi connectivity index (χ0n) is 15.5. The highest BCUT2D eigenvalue weighted by molar-refractivity contribution is 6.35. The fourth-order valence-electron chi connectivity index (χ4n) is 2.18. The molecule has 2 rings (SSSR count). The number of nitrogens with one attached hydrogen (secondary N) is 2. The summed E-state index contributed by atoms with van der Waals surface area (Å²) in [5.41, 5.74) is 1.57. The minimum Gasteiger partial charge on any atom is -0.482 e. The Bertz CT molecular complexity index is 966. The monoisotopic (exact) mass is 461 g/mol. The summed E-state index contributed by atoms with van der Waals surface area (Å²) >= 11 is 11.7. The summed E-state index contributed by atoms with van der Waals surface area (Å²) in [5.74, 6) is -0.926. The van der Waals surface area contributed by atoms with E-state index in [4.69, 9.17) is 27.9 Å². The van der Waals surface area contributed by atoms with E-state index in [1.807, 2.05) is 0 Å². The molecule has 0 radical (unpaired) electrons. The van der Waals surface area contributed by atoms with Crippen molar-refractivity contribution in [3.8, 4) is 5.75 Å². The highest BCUT2D eigenvalue weighted by Crippen LogP contribution is 2.30. The van der Waals surface area contributed by atoms with Gasteiger partial charge in [0.1, 0.15) is 5.75 Å². The highest BCUT2D eigenvalue weighted by atomic mass is 35.5. The summed E-state index contributed by atoms with van der Waals surface area (Å²) in [7, 11) is 0. The Morgan fingerprint density at radius 3 is 2.50 bits per heavy atom. The number of nitrogens with zero attached hydrogens (tertiary/aromatic N) is 1. The van der Waals surface area contributed by atoms with Crippen LogP contribution in [0.15, 0.2) is 47.6 Å². The lowest BCUT2D eigenvalue weighted by Crippen LogP contribution is -2.26. The lowest BCUT2D eigenvalue weighted by molar-refractivity contribution is -0.137. The first-order chi connectivity index (χ1) is 14.0. The SMILES string of the molecule is C/C(CC(=O)Nc1cccc(C(F)(F)F)c1)=N/NC(=O)COc1ccc(Cl)cc1Cl. The Kier molecular flexibility index (Phi) is 8.08. The van der Waals surface area contributed by atoms with Gasteiger partial charge in [-0.25, -0.2) is 5.43 Å². The number of alkyl halides is 3. The summed E-state index contributed by atoms with van der Waals surface area (Å²) in [4.78, 5) is 23.8. The zero-order chi connectivity index (χ0) is 22.3. The number of rotatable bonds is 7. The van der Waals surface area contributed by atoms with Gasteiger partial charge in [0.05, 0.1) is 17.0 Å². The van der Waals surface area contributed by atoms with Crippen molar-refractivity contribution in [3.05, 3.63) is 58.1 Å². The molecule has 0 saturated heterocycles. The predicted molar refractivity (Wildman–Crippen MR) is 108 cm³/mol. The summed E-state index contributed by atoms with van der Waals surface area (Å²) in [5, 5.41) is 6.76. The second-order valence-electron chi connectivity index (χ2n) is 6.05. The largest absolute Gasteiger partial charge is 0.482 e. The van der Waals surface area contributed by atoms with Crippen LogP contribution in [0.4, 0.5) is 18.9 Å². The van der Waals surface area contributed by atoms with Gasteiger partial charge in [0.15, 0.2) is 6.61 Å². The van der Waals surface area contributed by atoms with E-state index in [2.05, 4.69) is 15.8 Å². The normalized spacial score (nSPS) is 11.7. The fourth-order valence-corrected chi connectivity index (χ4v) is 2.64. The van der Waals surface area contributed by atoms with Gasteiger partial charge in [-0.2, -0.15) is 18.3 Å². The number of anilines is 1. The minimum atomic E-state index is -4.51. The van der Waals surface area contributed by atoms with Gasteiger partial charge in [-0.1, -0.05) is 29.3 Å². The Morgan fingerprint density at radius 1 is 1.10 bits per heavy atom. The van der Waals surface area contributed by atoms with Gasteiger partial charge in [0, 0.05) is 16.4 Å². The average molecular weight is 462 g/mol. The standard InChI is InChI=1S/C19H16Cl2F3N3O3/c1-11(7-17(28)25-14-4-2-3-12(8-14)19(22,23)24)26-27-18(29)10-30-16-6-5-13(20)9-15(16)21/h2-6,8-9H,7,10H2,1H3,(H,25,28)(H,27,29)/b26-11-. The van der Waals surface area contributed by atoms with Gasteiger partial charge < -0.3 is 10.1 Å². The van der Waals surface area contributed by atoms with Gasteiger partial charge in [-0.3, -0.25) is 9.59 Å². The van der Waals surface area contributed by atoms with Crippen LogP contribution < -0.4 is 15.5 Å². The van der Waals surface area contributed by atoms with Crippen molar-refractivity contribution in [2.24, 2.45) is 5.10 Å². The Morgan fingerprint density at radius 2 is 1.83 bits per heavy atom. The molecule has 0 atom stereocenters. The molecule has 0 spiro atoms. The van der Waals surface area contributed by atoms with Gasteiger partial charge in [-0.15, -0.1) is 0 Å².